The summed E-state index contributed by atoms with van der Waals surface area (Å²) in [6, 6.07) is 7.81. The van der Waals surface area contributed by atoms with Crippen LogP contribution in [0.5, 0.6) is 0 Å². The highest BCUT2D eigenvalue weighted by Gasteiger charge is 2.03. The summed E-state index contributed by atoms with van der Waals surface area (Å²) in [6.07, 6.45) is 0.443. The fourth-order valence-corrected chi connectivity index (χ4v) is 1.30. The van der Waals surface area contributed by atoms with Crippen molar-refractivity contribution in [3.63, 3.8) is 0 Å². The molecule has 0 aliphatic heterocycles. The Kier molecular flexibility index (Phi) is 4.83. The molecule has 88 valence electrons. The minimum Gasteiger partial charge on any atom is -0.449 e. The van der Waals surface area contributed by atoms with E-state index in [9.17, 15) is 4.79 Å². The van der Waals surface area contributed by atoms with E-state index < -0.39 is 0 Å². The minimum absolute atomic E-state index is 0.390. The normalized spacial score (nSPS) is 10.2. The second-order valence-electron chi connectivity index (χ2n) is 4.04. The number of hydrogen-bond acceptors (Lipinski definition) is 2. The molecule has 1 aromatic rings. The molecule has 0 atom stereocenters. The number of rotatable bonds is 4. The molecule has 0 bridgehead atoms. The number of ether oxygens (including phenoxy) is 1. The van der Waals surface area contributed by atoms with Gasteiger partial charge in [-0.3, -0.25) is 5.32 Å². The lowest BCUT2D eigenvalue weighted by Gasteiger charge is -2.08. The maximum Gasteiger partial charge on any atom is 0.411 e. The predicted molar refractivity (Wildman–Crippen MR) is 65.8 cm³/mol. The summed E-state index contributed by atoms with van der Waals surface area (Å²) >= 11 is 0. The van der Waals surface area contributed by atoms with Gasteiger partial charge in [-0.1, -0.05) is 32.9 Å². The molecular weight excluding hydrogens is 202 g/mol. The quantitative estimate of drug-likeness (QED) is 0.840. The first-order valence-electron chi connectivity index (χ1n) is 5.67. The fraction of sp³-hybridized carbons (Fsp3) is 0.462. The molecule has 1 rings (SSSR count). The van der Waals surface area contributed by atoms with E-state index in [0.717, 1.165) is 12.1 Å². The van der Waals surface area contributed by atoms with Gasteiger partial charge in [0.1, 0.15) is 0 Å². The topological polar surface area (TPSA) is 38.3 Å². The molecule has 1 aromatic carbocycles. The second-order valence-corrected chi connectivity index (χ2v) is 4.04. The van der Waals surface area contributed by atoms with Crippen molar-refractivity contribution in [1.82, 2.24) is 0 Å². The van der Waals surface area contributed by atoms with Gasteiger partial charge in [-0.25, -0.2) is 4.79 Å². The monoisotopic (exact) mass is 221 g/mol. The number of carbonyl (C=O) groups excluding carboxylic acids is 1. The van der Waals surface area contributed by atoms with Crippen molar-refractivity contribution in [2.24, 2.45) is 0 Å². The van der Waals surface area contributed by atoms with Gasteiger partial charge in [-0.05, 0) is 30.0 Å². The lowest BCUT2D eigenvalue weighted by Crippen LogP contribution is -2.13. The summed E-state index contributed by atoms with van der Waals surface area (Å²) in [7, 11) is 0. The van der Waals surface area contributed by atoms with Crippen molar-refractivity contribution >= 4 is 11.8 Å². The summed E-state index contributed by atoms with van der Waals surface area (Å²) in [6.45, 7) is 6.69. The lowest BCUT2D eigenvalue weighted by molar-refractivity contribution is 0.161. The molecule has 0 saturated carbocycles. The van der Waals surface area contributed by atoms with Crippen LogP contribution < -0.4 is 5.32 Å². The van der Waals surface area contributed by atoms with Crippen molar-refractivity contribution in [3.8, 4) is 0 Å². The van der Waals surface area contributed by atoms with Crippen LogP contribution in [0.25, 0.3) is 0 Å². The molecule has 0 aliphatic rings. The van der Waals surface area contributed by atoms with E-state index in [-0.39, 0.29) is 6.09 Å². The molecule has 0 aliphatic carbocycles. The van der Waals surface area contributed by atoms with E-state index in [1.165, 1.54) is 5.56 Å². The van der Waals surface area contributed by atoms with E-state index in [2.05, 4.69) is 19.2 Å². The van der Waals surface area contributed by atoms with Crippen molar-refractivity contribution in [2.45, 2.75) is 33.1 Å². The van der Waals surface area contributed by atoms with Gasteiger partial charge >= 0.3 is 6.09 Å². The molecule has 0 radical (unpaired) electrons. The standard InChI is InChI=1S/C13H19NO2/c1-4-9-16-13(15)14-12-7-5-11(6-8-12)10(2)3/h5-8,10H,4,9H2,1-3H3,(H,14,15). The zero-order valence-corrected chi connectivity index (χ0v) is 10.1. The van der Waals surface area contributed by atoms with Gasteiger partial charge in [-0.2, -0.15) is 0 Å². The van der Waals surface area contributed by atoms with Crippen LogP contribution in [0.2, 0.25) is 0 Å². The van der Waals surface area contributed by atoms with Crippen molar-refractivity contribution < 1.29 is 9.53 Å². The first-order chi connectivity index (χ1) is 7.63. The molecule has 0 aromatic heterocycles. The highest BCUT2D eigenvalue weighted by molar-refractivity contribution is 5.84. The smallest absolute Gasteiger partial charge is 0.411 e. The molecule has 3 heteroatoms. The molecule has 0 fully saturated rings. The number of carbonyl (C=O) groups is 1. The van der Waals surface area contributed by atoms with Gasteiger partial charge in [-0.15, -0.1) is 0 Å². The Morgan fingerprint density at radius 3 is 2.44 bits per heavy atom. The summed E-state index contributed by atoms with van der Waals surface area (Å²) in [5.74, 6) is 0.501. The average Bonchev–Trinajstić information content (AvgIpc) is 2.27. The molecule has 0 heterocycles. The average molecular weight is 221 g/mol. The van der Waals surface area contributed by atoms with Crippen LogP contribution in [0, 0.1) is 0 Å². The number of nitrogens with one attached hydrogen (secondary N) is 1. The molecule has 0 saturated heterocycles. The Bertz CT molecular complexity index is 330. The van der Waals surface area contributed by atoms with Gasteiger partial charge < -0.3 is 4.74 Å². The largest absolute Gasteiger partial charge is 0.449 e. The van der Waals surface area contributed by atoms with Crippen LogP contribution in [-0.2, 0) is 4.74 Å². The number of hydrogen-bond donors (Lipinski definition) is 1. The van der Waals surface area contributed by atoms with Crippen LogP contribution in [-0.4, -0.2) is 12.7 Å². The van der Waals surface area contributed by atoms with E-state index in [1.807, 2.05) is 31.2 Å². The Morgan fingerprint density at radius 1 is 1.31 bits per heavy atom. The first kappa shape index (κ1) is 12.6. The molecule has 3 nitrogen and oxygen atoms in total. The minimum atomic E-state index is -0.390. The Hall–Kier alpha value is -1.51. The maximum atomic E-state index is 11.3. The number of benzene rings is 1. The highest BCUT2D eigenvalue weighted by Crippen LogP contribution is 2.17. The second kappa shape index (κ2) is 6.16. The third-order valence-corrected chi connectivity index (χ3v) is 2.26. The highest BCUT2D eigenvalue weighted by atomic mass is 16.5. The first-order valence-corrected chi connectivity index (χ1v) is 5.67. The number of anilines is 1. The molecule has 0 unspecified atom stereocenters. The van der Waals surface area contributed by atoms with Gasteiger partial charge in [0.2, 0.25) is 0 Å². The third kappa shape index (κ3) is 3.93. The van der Waals surface area contributed by atoms with E-state index >= 15 is 0 Å². The SMILES string of the molecule is CCCOC(=O)Nc1ccc(C(C)C)cc1. The molecule has 1 N–H and O–H groups in total. The Labute approximate surface area is 96.8 Å². The van der Waals surface area contributed by atoms with Gasteiger partial charge in [0.05, 0.1) is 6.61 Å². The van der Waals surface area contributed by atoms with E-state index in [0.29, 0.717) is 12.5 Å². The van der Waals surface area contributed by atoms with E-state index in [4.69, 9.17) is 4.74 Å². The predicted octanol–water partition coefficient (Wildman–Crippen LogP) is 3.77. The summed E-state index contributed by atoms with van der Waals surface area (Å²) < 4.78 is 4.92. The van der Waals surface area contributed by atoms with Crippen molar-refractivity contribution in [3.05, 3.63) is 29.8 Å². The van der Waals surface area contributed by atoms with Crippen LogP contribution in [0.1, 0.15) is 38.7 Å². The maximum absolute atomic E-state index is 11.3. The zero-order chi connectivity index (χ0) is 12.0. The van der Waals surface area contributed by atoms with Gasteiger partial charge in [0.25, 0.3) is 0 Å². The summed E-state index contributed by atoms with van der Waals surface area (Å²) in [4.78, 5) is 11.3. The van der Waals surface area contributed by atoms with E-state index in [1.54, 1.807) is 0 Å². The van der Waals surface area contributed by atoms with Crippen molar-refractivity contribution in [2.75, 3.05) is 11.9 Å². The van der Waals surface area contributed by atoms with Crippen LogP contribution in [0.4, 0.5) is 10.5 Å². The van der Waals surface area contributed by atoms with Gasteiger partial charge in [0.15, 0.2) is 0 Å². The number of amides is 1. The fourth-order valence-electron chi connectivity index (χ4n) is 1.30. The lowest BCUT2D eigenvalue weighted by atomic mass is 10.0. The molecule has 1 amide bonds. The Morgan fingerprint density at radius 2 is 1.94 bits per heavy atom. The Balaban J connectivity index is 2.51. The van der Waals surface area contributed by atoms with Crippen molar-refractivity contribution in [1.29, 1.82) is 0 Å². The summed E-state index contributed by atoms with van der Waals surface area (Å²) in [5, 5.41) is 2.68. The molecular formula is C13H19NO2. The summed E-state index contributed by atoms with van der Waals surface area (Å²) in [5.41, 5.74) is 2.03. The zero-order valence-electron chi connectivity index (χ0n) is 10.1. The van der Waals surface area contributed by atoms with Crippen LogP contribution >= 0.6 is 0 Å². The molecule has 16 heavy (non-hydrogen) atoms. The molecule has 0 spiro atoms. The van der Waals surface area contributed by atoms with Crippen LogP contribution in [0.15, 0.2) is 24.3 Å². The third-order valence-electron chi connectivity index (χ3n) is 2.26. The van der Waals surface area contributed by atoms with Crippen LogP contribution in [0.3, 0.4) is 0 Å². The van der Waals surface area contributed by atoms with Gasteiger partial charge in [0, 0.05) is 5.69 Å².